The first-order valence-electron chi connectivity index (χ1n) is 21.1. The van der Waals surface area contributed by atoms with Crippen molar-refractivity contribution in [3.63, 3.8) is 0 Å². The lowest BCUT2D eigenvalue weighted by atomic mass is 9.99. The maximum absolute atomic E-state index is 13.8. The van der Waals surface area contributed by atoms with Gasteiger partial charge in [-0.25, -0.2) is 4.79 Å². The molecule has 370 valence electrons. The highest BCUT2D eigenvalue weighted by atomic mass is 16.7. The minimum absolute atomic E-state index is 0.0345. The number of hydrogen-bond acceptors (Lipinski definition) is 17. The van der Waals surface area contributed by atoms with Gasteiger partial charge in [-0.2, -0.15) is 0 Å². The minimum Gasteiger partial charge on any atom is -0.481 e. The average Bonchev–Trinajstić information content (AvgIpc) is 3.74. The number of rotatable bonds is 24. The van der Waals surface area contributed by atoms with E-state index < -0.39 is 140 Å². The maximum Gasteiger partial charge on any atom is 0.326 e. The summed E-state index contributed by atoms with van der Waals surface area (Å²) in [4.78, 5) is 132. The fourth-order valence-electron chi connectivity index (χ4n) is 7.17. The lowest BCUT2D eigenvalue weighted by Gasteiger charge is -2.43. The number of hydrogen-bond donors (Lipinski definition) is 9. The van der Waals surface area contributed by atoms with E-state index in [4.69, 9.17) is 40.9 Å². The summed E-state index contributed by atoms with van der Waals surface area (Å²) in [6, 6.07) is 1.14. The molecule has 0 radical (unpaired) electrons. The Morgan fingerprint density at radius 2 is 1.46 bits per heavy atom. The van der Waals surface area contributed by atoms with E-state index in [0.717, 1.165) is 20.8 Å². The molecule has 0 aromatic heterocycles. The van der Waals surface area contributed by atoms with Crippen LogP contribution in [0.3, 0.4) is 0 Å². The number of guanidine groups is 1. The molecule has 2 aliphatic heterocycles. The van der Waals surface area contributed by atoms with Crippen molar-refractivity contribution in [2.45, 2.75) is 127 Å². The zero-order valence-electron chi connectivity index (χ0n) is 37.4. The molecule has 2 saturated heterocycles. The Kier molecular flexibility index (Phi) is 21.3. The summed E-state index contributed by atoms with van der Waals surface area (Å²) in [5, 5.41) is 28.5. The molecule has 0 saturated carbocycles. The van der Waals surface area contributed by atoms with Gasteiger partial charge in [0.1, 0.15) is 30.2 Å². The highest BCUT2D eigenvalue weighted by Gasteiger charge is 2.51. The monoisotopic (exact) mass is 949 g/mol. The number of nitrogens with zero attached hydrogens (tertiary/aromatic N) is 2. The number of esters is 3. The molecule has 12 N–H and O–H groups in total. The average molecular weight is 950 g/mol. The molecule has 67 heavy (non-hydrogen) atoms. The van der Waals surface area contributed by atoms with E-state index in [-0.39, 0.29) is 44.7 Å². The van der Waals surface area contributed by atoms with E-state index in [2.05, 4.69) is 26.3 Å². The highest BCUT2D eigenvalue weighted by molar-refractivity contribution is 5.96. The molecule has 0 spiro atoms. The van der Waals surface area contributed by atoms with E-state index >= 15 is 0 Å². The number of carbonyl (C=O) groups excluding carboxylic acids is 8. The Bertz CT molecular complexity index is 1980. The van der Waals surface area contributed by atoms with E-state index in [1.807, 2.05) is 0 Å². The van der Waals surface area contributed by atoms with Crippen molar-refractivity contribution in [2.75, 3.05) is 26.2 Å². The number of ether oxygens (including phenoxy) is 5. The molecule has 26 heteroatoms. The molecule has 1 aromatic rings. The topological polar surface area (TPSA) is 399 Å². The fraction of sp³-hybridized carbons (Fsp3) is 0.585. The number of carbonyl (C=O) groups is 10. The number of benzene rings is 1. The van der Waals surface area contributed by atoms with Crippen LogP contribution in [-0.2, 0) is 78.1 Å². The zero-order valence-corrected chi connectivity index (χ0v) is 37.4. The van der Waals surface area contributed by atoms with Crippen LogP contribution in [0.5, 0.6) is 0 Å². The van der Waals surface area contributed by atoms with Crippen LogP contribution in [0.2, 0.25) is 0 Å². The SMILES string of the molecule is CC(=O)O[C@@H]1[C@@H](OC(C)=O)[C@H](C)O[C@@H](OC[C@H](N)C(=O)N2CCC[C@H]2C(=O)N[C@@H](CCCN=C(N)N)C(=O)NCC(=O)N[C@@H](CC(=O)O)C(=O)N[C@@H](Cc2ccccc2)C(=O)O)[C@@H]1OC(C)=O. The Balaban J connectivity index is 1.69. The van der Waals surface area contributed by atoms with Gasteiger partial charge in [-0.3, -0.25) is 48.1 Å². The van der Waals surface area contributed by atoms with E-state index in [1.165, 1.54) is 11.8 Å². The molecular formula is C41H59N9O17. The summed E-state index contributed by atoms with van der Waals surface area (Å²) in [6.45, 7) is 3.49. The van der Waals surface area contributed by atoms with E-state index in [1.54, 1.807) is 30.3 Å². The Labute approximate surface area is 384 Å². The molecule has 2 heterocycles. The highest BCUT2D eigenvalue weighted by Crippen LogP contribution is 2.30. The number of aliphatic carboxylic acids is 2. The molecule has 0 unspecified atom stereocenters. The van der Waals surface area contributed by atoms with Gasteiger partial charge in [0.25, 0.3) is 0 Å². The quantitative estimate of drug-likeness (QED) is 0.0158. The van der Waals surface area contributed by atoms with Crippen LogP contribution in [0.25, 0.3) is 0 Å². The summed E-state index contributed by atoms with van der Waals surface area (Å²) < 4.78 is 27.6. The molecule has 3 rings (SSSR count). The largest absolute Gasteiger partial charge is 0.481 e. The van der Waals surface area contributed by atoms with Gasteiger partial charge in [0.15, 0.2) is 30.6 Å². The summed E-state index contributed by atoms with van der Waals surface area (Å²) in [6.07, 6.45) is -7.01. The van der Waals surface area contributed by atoms with Gasteiger partial charge >= 0.3 is 29.8 Å². The van der Waals surface area contributed by atoms with Gasteiger partial charge in [0.2, 0.25) is 29.5 Å². The van der Waals surface area contributed by atoms with E-state index in [9.17, 15) is 58.2 Å². The first-order chi connectivity index (χ1) is 31.6. The number of carboxylic acid groups (broad SMARTS) is 2. The predicted octanol–water partition coefficient (Wildman–Crippen LogP) is -3.71. The van der Waals surface area contributed by atoms with Crippen LogP contribution < -0.4 is 38.5 Å². The molecule has 10 atom stereocenters. The third kappa shape index (κ3) is 17.8. The van der Waals surface area contributed by atoms with Crippen molar-refractivity contribution in [1.82, 2.24) is 26.2 Å². The lowest BCUT2D eigenvalue weighted by Crippen LogP contribution is -2.62. The maximum atomic E-state index is 13.8. The predicted molar refractivity (Wildman–Crippen MR) is 228 cm³/mol. The molecule has 0 bridgehead atoms. The normalized spacial score (nSPS) is 21.7. The van der Waals surface area contributed by atoms with Gasteiger partial charge in [0.05, 0.1) is 25.7 Å². The lowest BCUT2D eigenvalue weighted by molar-refractivity contribution is -0.301. The smallest absolute Gasteiger partial charge is 0.326 e. The molecule has 2 aliphatic rings. The standard InChI is InChI=1S/C41H59N9O17/c1-20-32(65-21(2)51)33(66-22(3)52)34(67-23(4)53)40(64-20)63-19-25(42)38(60)50-15-9-13-29(50)37(59)48-26(12-8-14-45-41(43)44)35(57)46-18-30(54)47-27(17-31(55)56)36(58)49-28(39(61)62)16-24-10-6-5-7-11-24/h5-7,10-11,20,25-29,32-34,40H,8-9,12-19,42H2,1-4H3,(H,46,57)(H,47,54)(H,48,59)(H,49,58)(H,55,56)(H,61,62)(H4,43,44,45)/t20-,25-,26-,27-,28-,29-,32-,33+,34+,40+/m0/s1. The van der Waals surface area contributed by atoms with E-state index in [0.29, 0.717) is 12.0 Å². The first kappa shape index (κ1) is 54.4. The second kappa shape index (κ2) is 26.3. The molecule has 26 nitrogen and oxygen atoms in total. The summed E-state index contributed by atoms with van der Waals surface area (Å²) in [5.41, 5.74) is 17.6. The van der Waals surface area contributed by atoms with Crippen LogP contribution in [0.15, 0.2) is 35.3 Å². The summed E-state index contributed by atoms with van der Waals surface area (Å²) in [5.74, 6) is -10.1. The minimum atomic E-state index is -1.75. The molecular weight excluding hydrogens is 890 g/mol. The number of nitrogens with one attached hydrogen (secondary N) is 4. The van der Waals surface area contributed by atoms with Crippen molar-refractivity contribution in [2.24, 2.45) is 22.2 Å². The van der Waals surface area contributed by atoms with Gasteiger partial charge in [-0.05, 0) is 38.2 Å². The van der Waals surface area contributed by atoms with Crippen molar-refractivity contribution in [1.29, 1.82) is 0 Å². The molecule has 1 aromatic carbocycles. The number of likely N-dealkylation sites (tertiary alicyclic amines) is 1. The number of aliphatic imine (C=N–C) groups is 1. The second-order valence-corrected chi connectivity index (χ2v) is 15.6. The fourth-order valence-corrected chi connectivity index (χ4v) is 7.17. The van der Waals surface area contributed by atoms with Crippen LogP contribution in [0.4, 0.5) is 0 Å². The third-order valence-corrected chi connectivity index (χ3v) is 10.2. The zero-order chi connectivity index (χ0) is 50.0. The van der Waals surface area contributed by atoms with Crippen molar-refractivity contribution in [3.05, 3.63) is 35.9 Å². The summed E-state index contributed by atoms with van der Waals surface area (Å²) in [7, 11) is 0. The number of nitrogens with two attached hydrogens (primary N) is 3. The third-order valence-electron chi connectivity index (χ3n) is 10.2. The van der Waals surface area contributed by atoms with Gasteiger partial charge in [-0.1, -0.05) is 30.3 Å². The van der Waals surface area contributed by atoms with Crippen molar-refractivity contribution >= 4 is 65.3 Å². The van der Waals surface area contributed by atoms with Crippen LogP contribution >= 0.6 is 0 Å². The number of amides is 5. The Morgan fingerprint density at radius 1 is 0.836 bits per heavy atom. The molecule has 2 fully saturated rings. The molecule has 0 aliphatic carbocycles. The second-order valence-electron chi connectivity index (χ2n) is 15.6. The number of carboxylic acids is 2. The van der Waals surface area contributed by atoms with Gasteiger partial charge in [0, 0.05) is 40.3 Å². The van der Waals surface area contributed by atoms with Crippen LogP contribution in [0, 0.1) is 0 Å². The Hall–Kier alpha value is -6.93. The van der Waals surface area contributed by atoms with Crippen molar-refractivity contribution in [3.8, 4) is 0 Å². The van der Waals surface area contributed by atoms with Gasteiger partial charge < -0.3 is 77.3 Å². The van der Waals surface area contributed by atoms with Crippen LogP contribution in [0.1, 0.15) is 65.4 Å². The first-order valence-corrected chi connectivity index (χ1v) is 21.1. The van der Waals surface area contributed by atoms with Crippen molar-refractivity contribution < 1.29 is 81.8 Å². The van der Waals surface area contributed by atoms with Gasteiger partial charge in [-0.15, -0.1) is 0 Å². The van der Waals surface area contributed by atoms with Crippen LogP contribution in [-0.4, -0.2) is 168 Å². The molecule has 5 amide bonds. The Morgan fingerprint density at radius 3 is 2.06 bits per heavy atom. The summed E-state index contributed by atoms with van der Waals surface area (Å²) >= 11 is 0.